The molecule has 0 aliphatic carbocycles. The first kappa shape index (κ1) is 25.1. The highest BCUT2D eigenvalue weighted by Crippen LogP contribution is 2.13. The predicted molar refractivity (Wildman–Crippen MR) is 121 cm³/mol. The van der Waals surface area contributed by atoms with Gasteiger partial charge in [-0.3, -0.25) is 4.79 Å². The van der Waals surface area contributed by atoms with E-state index in [0.29, 0.717) is 5.56 Å². The predicted octanol–water partition coefficient (Wildman–Crippen LogP) is 7.45. The number of rotatable bonds is 18. The first-order valence-electron chi connectivity index (χ1n) is 11.7. The van der Waals surface area contributed by atoms with Gasteiger partial charge in [-0.2, -0.15) is 0 Å². The van der Waals surface area contributed by atoms with Crippen LogP contribution >= 0.6 is 0 Å². The van der Waals surface area contributed by atoms with E-state index < -0.39 is 5.97 Å². The Morgan fingerprint density at radius 3 is 1.83 bits per heavy atom. The molecule has 0 atom stereocenters. The van der Waals surface area contributed by atoms with E-state index in [4.69, 9.17) is 4.74 Å². The molecule has 0 N–H and O–H groups in total. The lowest BCUT2D eigenvalue weighted by molar-refractivity contribution is -0.136. The molecule has 0 saturated heterocycles. The lowest BCUT2D eigenvalue weighted by Gasteiger charge is -2.02. The van der Waals surface area contributed by atoms with E-state index in [1.807, 2.05) is 12.1 Å². The van der Waals surface area contributed by atoms with Crippen LogP contribution in [0.1, 0.15) is 107 Å². The zero-order chi connectivity index (χ0) is 21.0. The molecular weight excluding hydrogens is 360 g/mol. The fraction of sp³-hybridized carbons (Fsp3) is 0.615. The average Bonchev–Trinajstić information content (AvgIpc) is 2.75. The molecule has 0 fully saturated rings. The molecule has 0 amide bonds. The van der Waals surface area contributed by atoms with Crippen LogP contribution in [0.2, 0.25) is 0 Å². The molecule has 3 heteroatoms. The van der Waals surface area contributed by atoms with Crippen LogP contribution in [0.3, 0.4) is 0 Å². The zero-order valence-electron chi connectivity index (χ0n) is 18.4. The molecule has 0 saturated carbocycles. The highest BCUT2D eigenvalue weighted by Gasteiger charge is 2.07. The van der Waals surface area contributed by atoms with Gasteiger partial charge in [-0.1, -0.05) is 120 Å². The van der Waals surface area contributed by atoms with Crippen LogP contribution in [0.4, 0.5) is 0 Å². The van der Waals surface area contributed by atoms with Crippen molar-refractivity contribution in [3.63, 3.8) is 0 Å². The van der Waals surface area contributed by atoms with E-state index in [1.54, 1.807) is 24.3 Å². The molecule has 0 aliphatic heterocycles. The van der Waals surface area contributed by atoms with Gasteiger partial charge < -0.3 is 4.74 Å². The van der Waals surface area contributed by atoms with Crippen molar-refractivity contribution in [3.8, 4) is 0 Å². The first-order valence-corrected chi connectivity index (χ1v) is 11.7. The lowest BCUT2D eigenvalue weighted by atomic mass is 10.0. The van der Waals surface area contributed by atoms with Crippen LogP contribution in [0, 0.1) is 0 Å². The van der Waals surface area contributed by atoms with Crippen molar-refractivity contribution in [2.75, 3.05) is 6.61 Å². The minimum Gasteiger partial charge on any atom is -0.454 e. The van der Waals surface area contributed by atoms with E-state index in [0.717, 1.165) is 12.8 Å². The summed E-state index contributed by atoms with van der Waals surface area (Å²) in [4.78, 5) is 23.5. The van der Waals surface area contributed by atoms with Gasteiger partial charge in [-0.25, -0.2) is 4.79 Å². The van der Waals surface area contributed by atoms with Gasteiger partial charge in [-0.15, -0.1) is 0 Å². The summed E-state index contributed by atoms with van der Waals surface area (Å²) in [5, 5.41) is 0. The van der Waals surface area contributed by atoms with Crippen LogP contribution < -0.4 is 0 Å². The van der Waals surface area contributed by atoms with E-state index in [2.05, 4.69) is 6.92 Å². The molecular formula is C26H40O3. The minimum atomic E-state index is -0.441. The number of hydrogen-bond acceptors (Lipinski definition) is 3. The summed E-state index contributed by atoms with van der Waals surface area (Å²) >= 11 is 0. The number of carbonyl (C=O) groups excluding carboxylic acids is 2. The molecule has 1 aromatic rings. The number of benzene rings is 1. The first-order chi connectivity index (χ1) is 14.2. The fourth-order valence-corrected chi connectivity index (χ4v) is 3.35. The van der Waals surface area contributed by atoms with Gasteiger partial charge in [-0.05, 0) is 12.8 Å². The summed E-state index contributed by atoms with van der Waals surface area (Å²) in [6.07, 6.45) is 21.6. The molecule has 162 valence electrons. The Balaban J connectivity index is 1.88. The molecule has 1 aromatic carbocycles. The van der Waals surface area contributed by atoms with Crippen molar-refractivity contribution in [1.29, 1.82) is 0 Å². The van der Waals surface area contributed by atoms with E-state index in [9.17, 15) is 9.59 Å². The van der Waals surface area contributed by atoms with Gasteiger partial charge in [0.2, 0.25) is 0 Å². The monoisotopic (exact) mass is 400 g/mol. The van der Waals surface area contributed by atoms with Crippen LogP contribution in [0.15, 0.2) is 42.5 Å². The number of carbonyl (C=O) groups is 2. The molecule has 0 heterocycles. The SMILES string of the molecule is CCCCCCCCCCCCCCC/C=C/C(=O)OCC(=O)c1ccccc1. The number of unbranched alkanes of at least 4 members (excludes halogenated alkanes) is 13. The number of Topliss-reactive ketones (excluding diaryl/α,β-unsaturated/α-hetero) is 1. The standard InChI is InChI=1S/C26H40O3/c1-2-3-4-5-6-7-8-9-10-11-12-13-14-15-19-22-26(28)29-23-25(27)24-20-17-16-18-21-24/h16-22H,2-15,23H2,1H3/b22-19+. The summed E-state index contributed by atoms with van der Waals surface area (Å²) in [5.74, 6) is -0.618. The molecule has 1 rings (SSSR count). The number of ether oxygens (including phenoxy) is 1. The summed E-state index contributed by atoms with van der Waals surface area (Å²) in [7, 11) is 0. The second kappa shape index (κ2) is 18.1. The molecule has 3 nitrogen and oxygen atoms in total. The Kier molecular flexibility index (Phi) is 15.7. The fourth-order valence-electron chi connectivity index (χ4n) is 3.35. The van der Waals surface area contributed by atoms with Crippen molar-refractivity contribution in [1.82, 2.24) is 0 Å². The van der Waals surface area contributed by atoms with Crippen LogP contribution in [0.5, 0.6) is 0 Å². The Labute approximate surface area is 177 Å². The largest absolute Gasteiger partial charge is 0.454 e. The Bertz CT molecular complexity index is 563. The average molecular weight is 401 g/mol. The zero-order valence-corrected chi connectivity index (χ0v) is 18.4. The van der Waals surface area contributed by atoms with Gasteiger partial charge in [0, 0.05) is 11.6 Å². The Hall–Kier alpha value is -1.90. The maximum Gasteiger partial charge on any atom is 0.330 e. The Morgan fingerprint density at radius 2 is 1.28 bits per heavy atom. The number of hydrogen-bond donors (Lipinski definition) is 0. The quantitative estimate of drug-likeness (QED) is 0.111. The van der Waals surface area contributed by atoms with Crippen LogP contribution in [0.25, 0.3) is 0 Å². The van der Waals surface area contributed by atoms with E-state index >= 15 is 0 Å². The lowest BCUT2D eigenvalue weighted by Crippen LogP contribution is -2.12. The van der Waals surface area contributed by atoms with Crippen molar-refractivity contribution in [2.45, 2.75) is 96.8 Å². The van der Waals surface area contributed by atoms with Crippen molar-refractivity contribution in [2.24, 2.45) is 0 Å². The second-order valence-corrected chi connectivity index (χ2v) is 7.83. The van der Waals surface area contributed by atoms with Crippen LogP contribution in [-0.4, -0.2) is 18.4 Å². The van der Waals surface area contributed by atoms with Crippen LogP contribution in [-0.2, 0) is 9.53 Å². The minimum absolute atomic E-state index is 0.177. The molecule has 0 aliphatic rings. The summed E-state index contributed by atoms with van der Waals surface area (Å²) in [6.45, 7) is 2.06. The van der Waals surface area contributed by atoms with Crippen molar-refractivity contribution >= 4 is 11.8 Å². The van der Waals surface area contributed by atoms with E-state index in [1.165, 1.54) is 83.1 Å². The smallest absolute Gasteiger partial charge is 0.330 e. The number of allylic oxidation sites excluding steroid dienone is 1. The number of esters is 1. The molecule has 0 spiro atoms. The molecule has 29 heavy (non-hydrogen) atoms. The topological polar surface area (TPSA) is 43.4 Å². The second-order valence-electron chi connectivity index (χ2n) is 7.83. The maximum absolute atomic E-state index is 11.9. The summed E-state index contributed by atoms with van der Waals surface area (Å²) in [6, 6.07) is 8.89. The van der Waals surface area contributed by atoms with Crippen molar-refractivity contribution in [3.05, 3.63) is 48.0 Å². The van der Waals surface area contributed by atoms with Gasteiger partial charge in [0.15, 0.2) is 12.4 Å². The molecule has 0 aromatic heterocycles. The third-order valence-electron chi connectivity index (χ3n) is 5.17. The molecule has 0 unspecified atom stereocenters. The highest BCUT2D eigenvalue weighted by molar-refractivity contribution is 5.98. The summed E-state index contributed by atoms with van der Waals surface area (Å²) in [5.41, 5.74) is 0.566. The van der Waals surface area contributed by atoms with E-state index in [-0.39, 0.29) is 12.4 Å². The molecule has 0 bridgehead atoms. The third-order valence-corrected chi connectivity index (χ3v) is 5.17. The normalized spacial score (nSPS) is 11.1. The molecule has 0 radical (unpaired) electrons. The van der Waals surface area contributed by atoms with Crippen molar-refractivity contribution < 1.29 is 14.3 Å². The van der Waals surface area contributed by atoms with Gasteiger partial charge in [0.25, 0.3) is 0 Å². The highest BCUT2D eigenvalue weighted by atomic mass is 16.5. The number of ketones is 1. The summed E-state index contributed by atoms with van der Waals surface area (Å²) < 4.78 is 5.00. The van der Waals surface area contributed by atoms with Gasteiger partial charge >= 0.3 is 5.97 Å². The third kappa shape index (κ3) is 14.7. The maximum atomic E-state index is 11.9. The van der Waals surface area contributed by atoms with Gasteiger partial charge in [0.1, 0.15) is 0 Å². The van der Waals surface area contributed by atoms with Gasteiger partial charge in [0.05, 0.1) is 0 Å². The Morgan fingerprint density at radius 1 is 0.759 bits per heavy atom.